The zero-order chi connectivity index (χ0) is 24.7. The Hall–Kier alpha value is -3.14. The molecule has 2 aromatic carbocycles. The van der Waals surface area contributed by atoms with Gasteiger partial charge in [-0.3, -0.25) is 0 Å². The molecule has 0 spiro atoms. The van der Waals surface area contributed by atoms with Crippen LogP contribution in [0.1, 0.15) is 5.56 Å². The van der Waals surface area contributed by atoms with Crippen molar-refractivity contribution in [3.05, 3.63) is 71.1 Å². The Balaban J connectivity index is 1.73. The number of benzene rings is 2. The number of morpholine rings is 1. The Morgan fingerprint density at radius 1 is 1.09 bits per heavy atom. The van der Waals surface area contributed by atoms with Crippen LogP contribution < -0.4 is 9.64 Å². The topological polar surface area (TPSA) is 73.7 Å². The minimum atomic E-state index is -4.09. The number of ether oxygens (including phenoxy) is 2. The molecule has 7 nitrogen and oxygen atoms in total. The third-order valence-electron chi connectivity index (χ3n) is 6.07. The zero-order valence-corrected chi connectivity index (χ0v) is 20.7. The SMILES string of the molecule is COc1cc(-c2cc3c(Cl)c(F)cnc3n2S(=O)(=O)c2ccc(C)cc2)ccc1N1CCOCC1. The smallest absolute Gasteiger partial charge is 0.269 e. The molecule has 0 radical (unpaired) electrons. The summed E-state index contributed by atoms with van der Waals surface area (Å²) in [7, 11) is -2.53. The normalized spacial score (nSPS) is 14.5. The standard InChI is InChI=1S/C25H23ClFN3O4S/c1-16-3-6-18(7-4-16)35(31,32)30-22(14-19-24(26)20(27)15-28-25(19)30)17-5-8-21(23(13-17)33-2)29-9-11-34-12-10-29/h3-8,13-15H,9-12H2,1-2H3. The highest BCUT2D eigenvalue weighted by Crippen LogP contribution is 2.39. The molecule has 182 valence electrons. The maximum atomic E-state index is 14.2. The minimum absolute atomic E-state index is 0.0446. The second-order valence-corrected chi connectivity index (χ2v) is 10.4. The molecule has 0 amide bonds. The van der Waals surface area contributed by atoms with Crippen molar-refractivity contribution in [2.75, 3.05) is 38.3 Å². The fraction of sp³-hybridized carbons (Fsp3) is 0.240. The lowest BCUT2D eigenvalue weighted by molar-refractivity contribution is 0.122. The first-order valence-corrected chi connectivity index (χ1v) is 12.8. The number of anilines is 1. The second-order valence-electron chi connectivity index (χ2n) is 8.26. The van der Waals surface area contributed by atoms with Gasteiger partial charge in [-0.05, 0) is 37.3 Å². The Bertz CT molecular complexity index is 1510. The number of halogens is 2. The van der Waals surface area contributed by atoms with Crippen LogP contribution >= 0.6 is 11.6 Å². The van der Waals surface area contributed by atoms with Crippen LogP contribution in [0.2, 0.25) is 5.02 Å². The summed E-state index contributed by atoms with van der Waals surface area (Å²) in [5.41, 5.74) is 2.71. The minimum Gasteiger partial charge on any atom is -0.495 e. The first-order chi connectivity index (χ1) is 16.8. The summed E-state index contributed by atoms with van der Waals surface area (Å²) in [4.78, 5) is 6.34. The van der Waals surface area contributed by atoms with Crippen molar-refractivity contribution in [1.29, 1.82) is 0 Å². The van der Waals surface area contributed by atoms with Crippen molar-refractivity contribution in [3.8, 4) is 17.0 Å². The predicted octanol–water partition coefficient (Wildman–Crippen LogP) is 4.89. The van der Waals surface area contributed by atoms with Gasteiger partial charge in [0.1, 0.15) is 5.75 Å². The summed E-state index contributed by atoms with van der Waals surface area (Å²) in [5, 5.41) is 0.0135. The molecule has 0 saturated carbocycles. The van der Waals surface area contributed by atoms with E-state index in [0.29, 0.717) is 30.2 Å². The van der Waals surface area contributed by atoms with Crippen LogP contribution in [0.3, 0.4) is 0 Å². The quantitative estimate of drug-likeness (QED) is 0.377. The van der Waals surface area contributed by atoms with Gasteiger partial charge in [0.15, 0.2) is 11.5 Å². The number of hydrogen-bond acceptors (Lipinski definition) is 6. The van der Waals surface area contributed by atoms with Gasteiger partial charge in [-0.25, -0.2) is 21.8 Å². The number of rotatable bonds is 5. The summed E-state index contributed by atoms with van der Waals surface area (Å²) in [6, 6.07) is 13.5. The van der Waals surface area contributed by atoms with E-state index in [-0.39, 0.29) is 21.0 Å². The third kappa shape index (κ3) is 4.13. The van der Waals surface area contributed by atoms with Crippen molar-refractivity contribution in [1.82, 2.24) is 8.96 Å². The largest absolute Gasteiger partial charge is 0.495 e. The molecule has 1 aliphatic rings. The number of methoxy groups -OCH3 is 1. The number of nitrogens with zero attached hydrogens (tertiary/aromatic N) is 3. The second kappa shape index (κ2) is 9.14. The average molecular weight is 516 g/mol. The predicted molar refractivity (Wildman–Crippen MR) is 133 cm³/mol. The summed E-state index contributed by atoms with van der Waals surface area (Å²) in [6.07, 6.45) is 0.928. The van der Waals surface area contributed by atoms with Crippen molar-refractivity contribution < 1.29 is 22.3 Å². The van der Waals surface area contributed by atoms with Gasteiger partial charge in [-0.2, -0.15) is 0 Å². The van der Waals surface area contributed by atoms with Gasteiger partial charge in [0.2, 0.25) is 0 Å². The molecule has 0 N–H and O–H groups in total. The highest BCUT2D eigenvalue weighted by atomic mass is 35.5. The molecule has 1 saturated heterocycles. The molecule has 5 rings (SSSR count). The van der Waals surface area contributed by atoms with E-state index in [2.05, 4.69) is 9.88 Å². The van der Waals surface area contributed by atoms with E-state index in [1.54, 1.807) is 31.4 Å². The molecule has 1 fully saturated rings. The van der Waals surface area contributed by atoms with E-state index in [4.69, 9.17) is 21.1 Å². The average Bonchev–Trinajstić information content (AvgIpc) is 3.28. The monoisotopic (exact) mass is 515 g/mol. The Kier molecular flexibility index (Phi) is 6.16. The Morgan fingerprint density at radius 2 is 1.80 bits per heavy atom. The molecule has 3 heterocycles. The van der Waals surface area contributed by atoms with Crippen molar-refractivity contribution in [2.24, 2.45) is 0 Å². The van der Waals surface area contributed by atoms with Crippen molar-refractivity contribution >= 4 is 38.3 Å². The van der Waals surface area contributed by atoms with Gasteiger partial charge in [-0.15, -0.1) is 0 Å². The molecular weight excluding hydrogens is 493 g/mol. The molecule has 35 heavy (non-hydrogen) atoms. The van der Waals surface area contributed by atoms with Gasteiger partial charge < -0.3 is 14.4 Å². The highest BCUT2D eigenvalue weighted by Gasteiger charge is 2.27. The summed E-state index contributed by atoms with van der Waals surface area (Å²) >= 11 is 6.23. The molecule has 10 heteroatoms. The molecule has 1 aliphatic heterocycles. The van der Waals surface area contributed by atoms with Crippen LogP contribution in [0.4, 0.5) is 10.1 Å². The molecule has 0 aliphatic carbocycles. The van der Waals surface area contributed by atoms with Crippen molar-refractivity contribution in [2.45, 2.75) is 11.8 Å². The van der Waals surface area contributed by atoms with Gasteiger partial charge in [0, 0.05) is 24.0 Å². The van der Waals surface area contributed by atoms with Crippen LogP contribution in [0.15, 0.2) is 59.6 Å². The first-order valence-electron chi connectivity index (χ1n) is 11.0. The maximum Gasteiger partial charge on any atom is 0.269 e. The molecule has 0 unspecified atom stereocenters. The van der Waals surface area contributed by atoms with Crippen LogP contribution in [0.5, 0.6) is 5.75 Å². The Morgan fingerprint density at radius 3 is 2.49 bits per heavy atom. The highest BCUT2D eigenvalue weighted by molar-refractivity contribution is 7.90. The number of aromatic nitrogens is 2. The number of pyridine rings is 1. The maximum absolute atomic E-state index is 14.2. The summed E-state index contributed by atoms with van der Waals surface area (Å²) in [5.74, 6) is -0.143. The summed E-state index contributed by atoms with van der Waals surface area (Å²) in [6.45, 7) is 4.54. The van der Waals surface area contributed by atoms with Crippen LogP contribution in [0, 0.1) is 12.7 Å². The van der Waals surface area contributed by atoms with Crippen LogP contribution in [0.25, 0.3) is 22.3 Å². The first kappa shape index (κ1) is 23.6. The van der Waals surface area contributed by atoms with E-state index in [9.17, 15) is 12.8 Å². The number of fused-ring (bicyclic) bond motifs is 1. The lowest BCUT2D eigenvalue weighted by Gasteiger charge is -2.30. The van der Waals surface area contributed by atoms with E-state index in [1.165, 1.54) is 12.1 Å². The third-order valence-corrected chi connectivity index (χ3v) is 8.17. The van der Waals surface area contributed by atoms with Crippen molar-refractivity contribution in [3.63, 3.8) is 0 Å². The van der Waals surface area contributed by atoms with Gasteiger partial charge in [-0.1, -0.05) is 35.4 Å². The Labute approximate surface area is 207 Å². The van der Waals surface area contributed by atoms with Crippen LogP contribution in [-0.4, -0.2) is 50.8 Å². The lowest BCUT2D eigenvalue weighted by atomic mass is 10.1. The van der Waals surface area contributed by atoms with Gasteiger partial charge in [0.25, 0.3) is 10.0 Å². The molecule has 4 aromatic rings. The number of aryl methyl sites for hydroxylation is 1. The van der Waals surface area contributed by atoms with Gasteiger partial charge >= 0.3 is 0 Å². The zero-order valence-electron chi connectivity index (χ0n) is 19.2. The molecule has 0 atom stereocenters. The van der Waals surface area contributed by atoms with Crippen LogP contribution in [-0.2, 0) is 14.8 Å². The lowest BCUT2D eigenvalue weighted by Crippen LogP contribution is -2.36. The number of hydrogen-bond donors (Lipinski definition) is 0. The molecule has 0 bridgehead atoms. The summed E-state index contributed by atoms with van der Waals surface area (Å²) < 4.78 is 54.1. The van der Waals surface area contributed by atoms with Gasteiger partial charge in [0.05, 0.1) is 47.8 Å². The van der Waals surface area contributed by atoms with E-state index < -0.39 is 15.8 Å². The fourth-order valence-electron chi connectivity index (χ4n) is 4.23. The van der Waals surface area contributed by atoms with E-state index in [0.717, 1.165) is 34.5 Å². The molecular formula is C25H23ClFN3O4S. The fourth-order valence-corrected chi connectivity index (χ4v) is 5.90. The molecule has 2 aromatic heterocycles. The van der Waals surface area contributed by atoms with E-state index in [1.807, 2.05) is 19.1 Å². The van der Waals surface area contributed by atoms with E-state index >= 15 is 0 Å².